The number of benzene rings is 2. The van der Waals surface area contributed by atoms with E-state index in [1.807, 2.05) is 4.90 Å². The first-order valence-corrected chi connectivity index (χ1v) is 13.0. The number of carbonyl (C=O) groups excluding carboxylic acids is 1. The van der Waals surface area contributed by atoms with Crippen molar-refractivity contribution in [2.24, 2.45) is 5.16 Å². The second-order valence-corrected chi connectivity index (χ2v) is 10.8. The molecule has 0 aromatic heterocycles. The van der Waals surface area contributed by atoms with Gasteiger partial charge in [0.1, 0.15) is 17.7 Å². The van der Waals surface area contributed by atoms with E-state index in [9.17, 15) is 13.2 Å². The summed E-state index contributed by atoms with van der Waals surface area (Å²) in [6, 6.07) is 9.90. The van der Waals surface area contributed by atoms with Gasteiger partial charge in [-0.1, -0.05) is 11.2 Å². The van der Waals surface area contributed by atoms with Crippen molar-refractivity contribution < 1.29 is 27.2 Å². The van der Waals surface area contributed by atoms with Crippen molar-refractivity contribution in [1.29, 1.82) is 0 Å². The fourth-order valence-electron chi connectivity index (χ4n) is 4.55. The number of hydrogen-bond acceptors (Lipinski definition) is 7. The minimum Gasteiger partial charge on any atom is -0.493 e. The first-order chi connectivity index (χ1) is 16.8. The molecule has 3 heterocycles. The third kappa shape index (κ3) is 4.83. The first-order valence-electron chi connectivity index (χ1n) is 11.6. The monoisotopic (exact) mass is 502 g/mol. The summed E-state index contributed by atoms with van der Waals surface area (Å²) in [5, 5.41) is 6.73. The molecule has 9 nitrogen and oxygen atoms in total. The van der Waals surface area contributed by atoms with Gasteiger partial charge in [-0.15, -0.1) is 0 Å². The highest BCUT2D eigenvalue weighted by Crippen LogP contribution is 2.30. The standard InChI is InChI=1S/C24H27FN4O5S/c1-16(30)26-15-19-14-22(27-34-19)17-2-4-23(21(25)13-17)28-7-9-29(10-8-28)35(31,32)20-3-5-24-18(12-20)6-11-33-24/h2-5,12-13,19H,6-11,14-15H2,1H3,(H,26,30). The number of anilines is 1. The number of nitrogens with zero attached hydrogens (tertiary/aromatic N) is 3. The molecule has 0 aliphatic carbocycles. The molecule has 186 valence electrons. The predicted molar refractivity (Wildman–Crippen MR) is 128 cm³/mol. The number of ether oxygens (including phenoxy) is 1. The van der Waals surface area contributed by atoms with E-state index in [1.54, 1.807) is 30.3 Å². The van der Waals surface area contributed by atoms with Crippen molar-refractivity contribution in [1.82, 2.24) is 9.62 Å². The van der Waals surface area contributed by atoms with Gasteiger partial charge in [-0.3, -0.25) is 4.79 Å². The van der Waals surface area contributed by atoms with E-state index >= 15 is 4.39 Å². The maximum Gasteiger partial charge on any atom is 0.243 e. The summed E-state index contributed by atoms with van der Waals surface area (Å²) in [5.74, 6) is 0.198. The number of halogens is 1. The van der Waals surface area contributed by atoms with Crippen LogP contribution in [0.2, 0.25) is 0 Å². The van der Waals surface area contributed by atoms with Crippen molar-refractivity contribution in [3.05, 3.63) is 53.3 Å². The lowest BCUT2D eigenvalue weighted by Crippen LogP contribution is -2.48. The van der Waals surface area contributed by atoms with Gasteiger partial charge in [0.2, 0.25) is 15.9 Å². The van der Waals surface area contributed by atoms with Crippen LogP contribution in [0.15, 0.2) is 46.4 Å². The number of oxime groups is 1. The Bertz CT molecular complexity index is 1270. The molecule has 5 rings (SSSR count). The molecule has 0 spiro atoms. The van der Waals surface area contributed by atoms with E-state index in [4.69, 9.17) is 9.57 Å². The number of nitrogens with one attached hydrogen (secondary N) is 1. The number of carbonyl (C=O) groups is 1. The summed E-state index contributed by atoms with van der Waals surface area (Å²) in [7, 11) is -3.63. The largest absolute Gasteiger partial charge is 0.493 e. The molecule has 2 aromatic rings. The Balaban J connectivity index is 1.21. The molecule has 11 heteroatoms. The van der Waals surface area contributed by atoms with Crippen molar-refractivity contribution in [2.45, 2.75) is 30.8 Å². The van der Waals surface area contributed by atoms with Crippen LogP contribution in [0.4, 0.5) is 10.1 Å². The van der Waals surface area contributed by atoms with Gasteiger partial charge in [0.05, 0.1) is 29.4 Å². The summed E-state index contributed by atoms with van der Waals surface area (Å²) < 4.78 is 48.2. The van der Waals surface area contributed by atoms with Gasteiger partial charge in [-0.05, 0) is 35.9 Å². The lowest BCUT2D eigenvalue weighted by Gasteiger charge is -2.35. The number of hydrogen-bond donors (Lipinski definition) is 1. The van der Waals surface area contributed by atoms with Crippen LogP contribution in [0.1, 0.15) is 24.5 Å². The highest BCUT2D eigenvalue weighted by Gasteiger charge is 2.31. The Morgan fingerprint density at radius 1 is 1.17 bits per heavy atom. The van der Waals surface area contributed by atoms with Crippen LogP contribution in [-0.4, -0.2) is 69.8 Å². The smallest absolute Gasteiger partial charge is 0.243 e. The van der Waals surface area contributed by atoms with Crippen LogP contribution in [0.25, 0.3) is 0 Å². The first kappa shape index (κ1) is 23.6. The van der Waals surface area contributed by atoms with E-state index in [0.717, 1.165) is 11.3 Å². The molecule has 1 amide bonds. The molecule has 0 saturated carbocycles. The van der Waals surface area contributed by atoms with Gasteiger partial charge < -0.3 is 19.8 Å². The number of fused-ring (bicyclic) bond motifs is 1. The van der Waals surface area contributed by atoms with Crippen LogP contribution in [0.3, 0.4) is 0 Å². The van der Waals surface area contributed by atoms with Crippen LogP contribution in [-0.2, 0) is 26.1 Å². The number of piperazine rings is 1. The minimum atomic E-state index is -3.63. The minimum absolute atomic E-state index is 0.146. The van der Waals surface area contributed by atoms with Gasteiger partial charge >= 0.3 is 0 Å². The Morgan fingerprint density at radius 3 is 2.71 bits per heavy atom. The predicted octanol–water partition coefficient (Wildman–Crippen LogP) is 1.90. The third-order valence-electron chi connectivity index (χ3n) is 6.47. The van der Waals surface area contributed by atoms with Crippen molar-refractivity contribution in [3.63, 3.8) is 0 Å². The zero-order chi connectivity index (χ0) is 24.6. The lowest BCUT2D eigenvalue weighted by molar-refractivity contribution is -0.119. The second-order valence-electron chi connectivity index (χ2n) is 8.83. The van der Waals surface area contributed by atoms with E-state index in [-0.39, 0.29) is 30.0 Å². The fourth-order valence-corrected chi connectivity index (χ4v) is 6.02. The topological polar surface area (TPSA) is 101 Å². The number of rotatable bonds is 6. The molecule has 0 bridgehead atoms. The zero-order valence-electron chi connectivity index (χ0n) is 19.4. The molecular weight excluding hydrogens is 475 g/mol. The highest BCUT2D eigenvalue weighted by molar-refractivity contribution is 7.89. The van der Waals surface area contributed by atoms with Crippen molar-refractivity contribution in [3.8, 4) is 5.75 Å². The summed E-state index contributed by atoms with van der Waals surface area (Å²) in [6.45, 7) is 3.64. The van der Waals surface area contributed by atoms with Crippen LogP contribution < -0.4 is 15.0 Å². The maximum absolute atomic E-state index is 15.0. The zero-order valence-corrected chi connectivity index (χ0v) is 20.2. The van der Waals surface area contributed by atoms with Gasteiger partial charge in [0, 0.05) is 51.5 Å². The second kappa shape index (κ2) is 9.46. The number of amides is 1. The summed E-state index contributed by atoms with van der Waals surface area (Å²) in [6.07, 6.45) is 0.908. The molecule has 35 heavy (non-hydrogen) atoms. The van der Waals surface area contributed by atoms with Gasteiger partial charge in [0.15, 0.2) is 0 Å². The lowest BCUT2D eigenvalue weighted by atomic mass is 10.0. The molecule has 2 aromatic carbocycles. The highest BCUT2D eigenvalue weighted by atomic mass is 32.2. The van der Waals surface area contributed by atoms with Gasteiger partial charge in [-0.25, -0.2) is 12.8 Å². The van der Waals surface area contributed by atoms with E-state index in [1.165, 1.54) is 17.3 Å². The van der Waals surface area contributed by atoms with Crippen molar-refractivity contribution in [2.75, 3.05) is 44.2 Å². The van der Waals surface area contributed by atoms with E-state index < -0.39 is 15.8 Å². The fraction of sp³-hybridized carbons (Fsp3) is 0.417. The quantitative estimate of drug-likeness (QED) is 0.648. The molecule has 1 unspecified atom stereocenters. The van der Waals surface area contributed by atoms with Crippen molar-refractivity contribution >= 4 is 27.3 Å². The molecule has 1 saturated heterocycles. The molecule has 3 aliphatic rings. The SMILES string of the molecule is CC(=O)NCC1CC(c2ccc(N3CCN(S(=O)(=O)c4ccc5c(c4)CCO5)CC3)c(F)c2)=NO1. The molecule has 0 radical (unpaired) electrons. The van der Waals surface area contributed by atoms with Crippen LogP contribution >= 0.6 is 0 Å². The maximum atomic E-state index is 15.0. The number of sulfonamides is 1. The van der Waals surface area contributed by atoms with Crippen LogP contribution in [0.5, 0.6) is 5.75 Å². The summed E-state index contributed by atoms with van der Waals surface area (Å²) >= 11 is 0. The molecule has 1 fully saturated rings. The third-order valence-corrected chi connectivity index (χ3v) is 8.37. The average molecular weight is 503 g/mol. The van der Waals surface area contributed by atoms with E-state index in [2.05, 4.69) is 10.5 Å². The molecular formula is C24H27FN4O5S. The molecule has 1 atom stereocenters. The Morgan fingerprint density at radius 2 is 1.97 bits per heavy atom. The Hall–Kier alpha value is -3.18. The van der Waals surface area contributed by atoms with E-state index in [0.29, 0.717) is 56.0 Å². The summed E-state index contributed by atoms with van der Waals surface area (Å²) in [4.78, 5) is 18.5. The van der Waals surface area contributed by atoms with Gasteiger partial charge in [0.25, 0.3) is 0 Å². The van der Waals surface area contributed by atoms with Crippen LogP contribution in [0, 0.1) is 5.82 Å². The van der Waals surface area contributed by atoms with Gasteiger partial charge in [-0.2, -0.15) is 4.31 Å². The molecule has 3 aliphatic heterocycles. The summed E-state index contributed by atoms with van der Waals surface area (Å²) in [5.41, 5.74) is 2.58. The Kier molecular flexibility index (Phi) is 6.37. The Labute approximate surface area is 203 Å². The average Bonchev–Trinajstić information content (AvgIpc) is 3.52. The normalized spacial score (nSPS) is 20.1. The molecule has 1 N–H and O–H groups in total.